The van der Waals surface area contributed by atoms with Crippen LogP contribution in [0.5, 0.6) is 5.75 Å². The van der Waals surface area contributed by atoms with Crippen LogP contribution in [0.2, 0.25) is 0 Å². The van der Waals surface area contributed by atoms with Crippen molar-refractivity contribution in [3.8, 4) is 5.75 Å². The molecule has 0 radical (unpaired) electrons. The van der Waals surface area contributed by atoms with Gasteiger partial charge in [0.1, 0.15) is 5.75 Å². The summed E-state index contributed by atoms with van der Waals surface area (Å²) in [6, 6.07) is 21.6. The highest BCUT2D eigenvalue weighted by atomic mass is 16.5. The summed E-state index contributed by atoms with van der Waals surface area (Å²) in [5.41, 5.74) is 3.84. The molecule has 3 nitrogen and oxygen atoms in total. The minimum Gasteiger partial charge on any atom is -0.482 e. The number of benzene rings is 3. The van der Waals surface area contributed by atoms with E-state index >= 15 is 0 Å². The van der Waals surface area contributed by atoms with Gasteiger partial charge in [0.05, 0.1) is 0 Å². The molecule has 3 aromatic carbocycles. The largest absolute Gasteiger partial charge is 0.482 e. The molecule has 0 aromatic heterocycles. The first-order valence-electron chi connectivity index (χ1n) is 10.9. The van der Waals surface area contributed by atoms with Crippen molar-refractivity contribution in [3.63, 3.8) is 0 Å². The average molecular weight is 403 g/mol. The fourth-order valence-electron chi connectivity index (χ4n) is 5.13. The maximum atomic E-state index is 10.7. The topological polar surface area (TPSA) is 46.5 Å². The van der Waals surface area contributed by atoms with Crippen LogP contribution in [0.1, 0.15) is 61.1 Å². The Morgan fingerprint density at radius 1 is 1.10 bits per heavy atom. The third kappa shape index (κ3) is 4.51. The van der Waals surface area contributed by atoms with Gasteiger partial charge in [-0.2, -0.15) is 0 Å². The SMILES string of the molecule is Cc1cc(C2CCC(C[C@H](C)c3cccc4ccccc34)C2)ccc1OCC(=O)O. The zero-order valence-electron chi connectivity index (χ0n) is 17.8. The van der Waals surface area contributed by atoms with Gasteiger partial charge in [-0.3, -0.25) is 0 Å². The molecule has 1 N–H and O–H groups in total. The lowest BCUT2D eigenvalue weighted by Crippen LogP contribution is -2.10. The lowest BCUT2D eigenvalue weighted by molar-refractivity contribution is -0.139. The van der Waals surface area contributed by atoms with Gasteiger partial charge < -0.3 is 9.84 Å². The van der Waals surface area contributed by atoms with E-state index in [0.717, 1.165) is 11.5 Å². The number of hydrogen-bond acceptors (Lipinski definition) is 2. The standard InChI is InChI=1S/C27H30O3/c1-18(24-9-5-7-21-6-3-4-8-25(21)24)14-20-10-11-23(16-20)22-12-13-26(19(2)15-22)30-17-27(28)29/h3-9,12-13,15,18,20,23H,10-11,14,16-17H2,1-2H3,(H,28,29)/t18-,20?,23?/m0/s1. The number of aliphatic carboxylic acids is 1. The van der Waals surface area contributed by atoms with Crippen LogP contribution in [-0.2, 0) is 4.79 Å². The lowest BCUT2D eigenvalue weighted by Gasteiger charge is -2.19. The highest BCUT2D eigenvalue weighted by Gasteiger charge is 2.28. The number of carbonyl (C=O) groups is 1. The molecule has 0 spiro atoms. The van der Waals surface area contributed by atoms with E-state index in [0.29, 0.717) is 17.6 Å². The van der Waals surface area contributed by atoms with E-state index in [4.69, 9.17) is 9.84 Å². The van der Waals surface area contributed by atoms with E-state index in [9.17, 15) is 4.79 Å². The second-order valence-corrected chi connectivity index (χ2v) is 8.79. The van der Waals surface area contributed by atoms with E-state index in [1.807, 2.05) is 13.0 Å². The second kappa shape index (κ2) is 8.91. The molecule has 0 bridgehead atoms. The minimum atomic E-state index is -0.947. The molecule has 4 rings (SSSR count). The summed E-state index contributed by atoms with van der Waals surface area (Å²) < 4.78 is 5.37. The maximum absolute atomic E-state index is 10.7. The van der Waals surface area contributed by atoms with Crippen LogP contribution in [0.25, 0.3) is 10.8 Å². The first kappa shape index (κ1) is 20.5. The van der Waals surface area contributed by atoms with E-state index in [2.05, 4.69) is 61.5 Å². The minimum absolute atomic E-state index is 0.294. The molecule has 30 heavy (non-hydrogen) atoms. The average Bonchev–Trinajstić information content (AvgIpc) is 3.20. The van der Waals surface area contributed by atoms with Gasteiger partial charge >= 0.3 is 5.97 Å². The molecule has 3 aromatic rings. The van der Waals surface area contributed by atoms with Crippen molar-refractivity contribution in [1.82, 2.24) is 0 Å². The van der Waals surface area contributed by atoms with Crippen molar-refractivity contribution >= 4 is 16.7 Å². The quantitative estimate of drug-likeness (QED) is 0.479. The highest BCUT2D eigenvalue weighted by Crippen LogP contribution is 2.43. The summed E-state index contributed by atoms with van der Waals surface area (Å²) in [7, 11) is 0. The predicted molar refractivity (Wildman–Crippen MR) is 121 cm³/mol. The van der Waals surface area contributed by atoms with Crippen LogP contribution in [0, 0.1) is 12.8 Å². The van der Waals surface area contributed by atoms with Crippen LogP contribution in [0.4, 0.5) is 0 Å². The van der Waals surface area contributed by atoms with Gasteiger partial charge in [-0.25, -0.2) is 4.79 Å². The third-order valence-electron chi connectivity index (χ3n) is 6.60. The second-order valence-electron chi connectivity index (χ2n) is 8.79. The Morgan fingerprint density at radius 3 is 2.70 bits per heavy atom. The summed E-state index contributed by atoms with van der Waals surface area (Å²) in [5, 5.41) is 11.5. The summed E-state index contributed by atoms with van der Waals surface area (Å²) in [6.45, 7) is 4.07. The van der Waals surface area contributed by atoms with Gasteiger partial charge in [-0.1, -0.05) is 61.5 Å². The normalized spacial score (nSPS) is 19.7. The number of aryl methyl sites for hydroxylation is 1. The van der Waals surface area contributed by atoms with Crippen molar-refractivity contribution in [2.45, 2.75) is 51.4 Å². The number of hydrogen-bond donors (Lipinski definition) is 1. The lowest BCUT2D eigenvalue weighted by atomic mass is 9.86. The smallest absolute Gasteiger partial charge is 0.341 e. The molecule has 1 fully saturated rings. The molecule has 2 unspecified atom stereocenters. The van der Waals surface area contributed by atoms with Crippen LogP contribution >= 0.6 is 0 Å². The molecule has 1 aliphatic rings. The number of rotatable bonds is 7. The van der Waals surface area contributed by atoms with Gasteiger partial charge in [0.15, 0.2) is 6.61 Å². The molecule has 1 aliphatic carbocycles. The first-order chi connectivity index (χ1) is 14.5. The predicted octanol–water partition coefficient (Wildman–Crippen LogP) is 6.69. The molecule has 0 heterocycles. The van der Waals surface area contributed by atoms with Crippen molar-refractivity contribution in [1.29, 1.82) is 0 Å². The summed E-state index contributed by atoms with van der Waals surface area (Å²) in [6.07, 6.45) is 4.95. The van der Waals surface area contributed by atoms with Gasteiger partial charge in [0.2, 0.25) is 0 Å². The van der Waals surface area contributed by atoms with Crippen molar-refractivity contribution in [2.75, 3.05) is 6.61 Å². The highest BCUT2D eigenvalue weighted by molar-refractivity contribution is 5.86. The molecule has 156 valence electrons. The van der Waals surface area contributed by atoms with Crippen LogP contribution in [0.15, 0.2) is 60.7 Å². The number of fused-ring (bicyclic) bond motifs is 1. The van der Waals surface area contributed by atoms with Gasteiger partial charge in [-0.05, 0) is 83.9 Å². The van der Waals surface area contributed by atoms with Gasteiger partial charge in [-0.15, -0.1) is 0 Å². The molecule has 0 saturated heterocycles. The Balaban J connectivity index is 1.41. The van der Waals surface area contributed by atoms with Crippen molar-refractivity contribution in [2.24, 2.45) is 5.92 Å². The zero-order chi connectivity index (χ0) is 21.1. The number of carboxylic acids is 1. The molecule has 0 aliphatic heterocycles. The Morgan fingerprint density at radius 2 is 1.90 bits per heavy atom. The fourth-order valence-corrected chi connectivity index (χ4v) is 5.13. The summed E-state index contributed by atoms with van der Waals surface area (Å²) in [5.74, 6) is 1.60. The molecular weight excluding hydrogens is 372 g/mol. The Labute approximate surface area is 178 Å². The third-order valence-corrected chi connectivity index (χ3v) is 6.60. The Kier molecular flexibility index (Phi) is 6.08. The van der Waals surface area contributed by atoms with Crippen LogP contribution < -0.4 is 4.74 Å². The van der Waals surface area contributed by atoms with Crippen molar-refractivity contribution in [3.05, 3.63) is 77.4 Å². The van der Waals surface area contributed by atoms with E-state index < -0.39 is 5.97 Å². The molecule has 3 heteroatoms. The monoisotopic (exact) mass is 402 g/mol. The van der Waals surface area contributed by atoms with E-state index in [1.54, 1.807) is 0 Å². The molecule has 3 atom stereocenters. The van der Waals surface area contributed by atoms with E-state index in [1.165, 1.54) is 47.6 Å². The maximum Gasteiger partial charge on any atom is 0.341 e. The molecular formula is C27H30O3. The van der Waals surface area contributed by atoms with Crippen LogP contribution in [-0.4, -0.2) is 17.7 Å². The van der Waals surface area contributed by atoms with E-state index in [-0.39, 0.29) is 6.61 Å². The Bertz CT molecular complexity index is 1030. The van der Waals surface area contributed by atoms with Crippen molar-refractivity contribution < 1.29 is 14.6 Å². The fraction of sp³-hybridized carbons (Fsp3) is 0.370. The van der Waals surface area contributed by atoms with Crippen LogP contribution in [0.3, 0.4) is 0 Å². The van der Waals surface area contributed by atoms with Gasteiger partial charge in [0, 0.05) is 0 Å². The Hall–Kier alpha value is -2.81. The number of ether oxygens (including phenoxy) is 1. The first-order valence-corrected chi connectivity index (χ1v) is 10.9. The van der Waals surface area contributed by atoms with Gasteiger partial charge in [0.25, 0.3) is 0 Å². The zero-order valence-corrected chi connectivity index (χ0v) is 17.8. The molecule has 1 saturated carbocycles. The molecule has 0 amide bonds. The summed E-state index contributed by atoms with van der Waals surface area (Å²) >= 11 is 0. The summed E-state index contributed by atoms with van der Waals surface area (Å²) in [4.78, 5) is 10.7. The number of carboxylic acid groups (broad SMARTS) is 1.